The number of halogens is 1. The quantitative estimate of drug-likeness (QED) is 0.909. The van der Waals surface area contributed by atoms with Gasteiger partial charge in [-0.2, -0.15) is 9.89 Å². The Labute approximate surface area is 121 Å². The van der Waals surface area contributed by atoms with Gasteiger partial charge in [-0.15, -0.1) is 0 Å². The molecule has 1 aliphatic carbocycles. The molecule has 0 saturated heterocycles. The molecule has 1 aliphatic rings. The van der Waals surface area contributed by atoms with Crippen LogP contribution in [0.25, 0.3) is 0 Å². The van der Waals surface area contributed by atoms with Crippen molar-refractivity contribution in [1.29, 1.82) is 0 Å². The Balaban J connectivity index is 1.49. The lowest BCUT2D eigenvalue weighted by molar-refractivity contribution is 0.248. The summed E-state index contributed by atoms with van der Waals surface area (Å²) in [5.74, 6) is 0.579. The molecule has 20 heavy (non-hydrogen) atoms. The zero-order chi connectivity index (χ0) is 13.9. The number of hydrogen-bond acceptors (Lipinski definition) is 2. The zero-order valence-corrected chi connectivity index (χ0v) is 11.6. The summed E-state index contributed by atoms with van der Waals surface area (Å²) in [6, 6.07) is 9.00. The van der Waals surface area contributed by atoms with E-state index in [1.165, 1.54) is 17.6 Å². The molecule has 2 aromatic rings. The first-order valence-corrected chi connectivity index (χ1v) is 6.93. The van der Waals surface area contributed by atoms with E-state index in [0.717, 1.165) is 11.3 Å². The fraction of sp³-hybridized carbons (Fsp3) is 0.286. The maximum absolute atomic E-state index is 11.7. The van der Waals surface area contributed by atoms with Crippen molar-refractivity contribution in [2.24, 2.45) is 0 Å². The van der Waals surface area contributed by atoms with Crippen LogP contribution in [-0.4, -0.2) is 15.9 Å². The molecule has 104 valence electrons. The third kappa shape index (κ3) is 3.30. The van der Waals surface area contributed by atoms with E-state index in [9.17, 15) is 4.79 Å². The average Bonchev–Trinajstić information content (AvgIpc) is 3.19. The molecule has 0 unspecified atom stereocenters. The summed E-state index contributed by atoms with van der Waals surface area (Å²) in [4.78, 5) is 13.2. The molecule has 1 aromatic carbocycles. The second-order valence-electron chi connectivity index (χ2n) is 4.88. The number of nitrogens with zero attached hydrogens (tertiary/aromatic N) is 2. The van der Waals surface area contributed by atoms with Gasteiger partial charge in [0.25, 0.3) is 0 Å². The third-order valence-corrected chi connectivity index (χ3v) is 3.44. The molecule has 2 N–H and O–H groups in total. The maximum Gasteiger partial charge on any atom is 0.335 e. The van der Waals surface area contributed by atoms with E-state index in [-0.39, 0.29) is 6.03 Å². The lowest BCUT2D eigenvalue weighted by Crippen LogP contribution is -2.34. The van der Waals surface area contributed by atoms with Crippen LogP contribution in [0.2, 0.25) is 5.02 Å². The lowest BCUT2D eigenvalue weighted by atomic mass is 10.2. The van der Waals surface area contributed by atoms with E-state index >= 15 is 0 Å². The highest BCUT2D eigenvalue weighted by Crippen LogP contribution is 2.38. The van der Waals surface area contributed by atoms with Crippen LogP contribution in [0.1, 0.15) is 30.0 Å². The minimum absolute atomic E-state index is 0.287. The predicted molar refractivity (Wildman–Crippen MR) is 77.3 cm³/mol. The molecule has 6 heteroatoms. The Morgan fingerprint density at radius 2 is 2.05 bits per heavy atom. The molecular formula is C14H15ClN4O. The summed E-state index contributed by atoms with van der Waals surface area (Å²) >= 11 is 5.80. The fourth-order valence-electron chi connectivity index (χ4n) is 1.93. The molecule has 2 amide bonds. The van der Waals surface area contributed by atoms with Gasteiger partial charge in [0, 0.05) is 23.7 Å². The van der Waals surface area contributed by atoms with Crippen molar-refractivity contribution in [2.75, 3.05) is 5.43 Å². The van der Waals surface area contributed by atoms with Gasteiger partial charge in [0.1, 0.15) is 0 Å². The van der Waals surface area contributed by atoms with E-state index in [2.05, 4.69) is 15.8 Å². The second kappa shape index (κ2) is 5.54. The number of rotatable bonds is 4. The molecule has 5 nitrogen and oxygen atoms in total. The van der Waals surface area contributed by atoms with E-state index in [4.69, 9.17) is 11.6 Å². The van der Waals surface area contributed by atoms with E-state index in [1.54, 1.807) is 18.3 Å². The van der Waals surface area contributed by atoms with Crippen LogP contribution in [0, 0.1) is 0 Å². The summed E-state index contributed by atoms with van der Waals surface area (Å²) in [5, 5.41) is 7.76. The molecule has 1 fully saturated rings. The number of urea groups is 1. The molecule has 0 aliphatic heterocycles. The van der Waals surface area contributed by atoms with Crippen LogP contribution < -0.4 is 10.7 Å². The molecule has 1 heterocycles. The Morgan fingerprint density at radius 1 is 1.30 bits per heavy atom. The molecule has 0 atom stereocenters. The van der Waals surface area contributed by atoms with Gasteiger partial charge in [0.15, 0.2) is 0 Å². The van der Waals surface area contributed by atoms with Gasteiger partial charge >= 0.3 is 6.03 Å². The average molecular weight is 291 g/mol. The Kier molecular flexibility index (Phi) is 3.60. The van der Waals surface area contributed by atoms with Crippen LogP contribution in [0.15, 0.2) is 36.5 Å². The minimum Gasteiger partial charge on any atom is -0.333 e. The highest BCUT2D eigenvalue weighted by atomic mass is 35.5. The summed E-state index contributed by atoms with van der Waals surface area (Å²) in [7, 11) is 0. The Bertz CT molecular complexity index is 604. The van der Waals surface area contributed by atoms with Crippen LogP contribution in [0.4, 0.5) is 4.79 Å². The summed E-state index contributed by atoms with van der Waals surface area (Å²) < 4.78 is 0. The predicted octanol–water partition coefficient (Wildman–Crippen LogP) is 2.87. The largest absolute Gasteiger partial charge is 0.335 e. The van der Waals surface area contributed by atoms with Crippen LogP contribution in [0.5, 0.6) is 0 Å². The number of amides is 2. The van der Waals surface area contributed by atoms with Crippen molar-refractivity contribution in [1.82, 2.24) is 15.2 Å². The number of carbonyl (C=O) groups excluding carboxylic acids is 1. The van der Waals surface area contributed by atoms with Crippen molar-refractivity contribution in [2.45, 2.75) is 25.3 Å². The number of carbonyl (C=O) groups is 1. The van der Waals surface area contributed by atoms with Gasteiger partial charge in [-0.25, -0.2) is 10.2 Å². The number of hydrogen-bond donors (Lipinski definition) is 2. The lowest BCUT2D eigenvalue weighted by Gasteiger charge is -2.07. The first kappa shape index (κ1) is 13.0. The van der Waals surface area contributed by atoms with Crippen LogP contribution in [-0.2, 0) is 6.54 Å². The van der Waals surface area contributed by atoms with Gasteiger partial charge in [0.2, 0.25) is 0 Å². The molecule has 3 rings (SSSR count). The Morgan fingerprint density at radius 3 is 2.75 bits per heavy atom. The smallest absolute Gasteiger partial charge is 0.333 e. The molecule has 0 bridgehead atoms. The fourth-order valence-corrected chi connectivity index (χ4v) is 2.05. The number of aromatic nitrogens is 2. The van der Waals surface area contributed by atoms with Crippen molar-refractivity contribution < 1.29 is 4.79 Å². The molecule has 0 spiro atoms. The van der Waals surface area contributed by atoms with Crippen molar-refractivity contribution >= 4 is 17.6 Å². The van der Waals surface area contributed by atoms with Gasteiger partial charge in [-0.1, -0.05) is 23.7 Å². The zero-order valence-electron chi connectivity index (χ0n) is 10.8. The summed E-state index contributed by atoms with van der Waals surface area (Å²) in [6.45, 7) is 0.444. The van der Waals surface area contributed by atoms with E-state index < -0.39 is 0 Å². The molecule has 0 radical (unpaired) electrons. The van der Waals surface area contributed by atoms with Crippen molar-refractivity contribution in [3.05, 3.63) is 52.8 Å². The first-order chi connectivity index (χ1) is 9.70. The molecular weight excluding hydrogens is 276 g/mol. The third-order valence-electron chi connectivity index (χ3n) is 3.19. The number of benzene rings is 1. The van der Waals surface area contributed by atoms with Gasteiger partial charge in [0.05, 0.1) is 5.69 Å². The Hall–Kier alpha value is -2.01. The topological polar surface area (TPSA) is 59.0 Å². The normalized spacial score (nSPS) is 14.1. The summed E-state index contributed by atoms with van der Waals surface area (Å²) in [6.07, 6.45) is 4.15. The standard InChI is InChI=1S/C14H15ClN4O/c15-12-5-1-10(2-6-12)9-16-14(20)18-19-8-7-13(17-19)11-3-4-11/h1-2,5-8,11H,3-4,9H2,(H2,16,18,20). The van der Waals surface area contributed by atoms with Gasteiger partial charge in [-0.05, 0) is 36.6 Å². The van der Waals surface area contributed by atoms with Gasteiger partial charge in [-0.3, -0.25) is 0 Å². The second-order valence-corrected chi connectivity index (χ2v) is 5.32. The molecule has 1 saturated carbocycles. The van der Waals surface area contributed by atoms with E-state index in [0.29, 0.717) is 17.5 Å². The van der Waals surface area contributed by atoms with Crippen LogP contribution >= 0.6 is 11.6 Å². The maximum atomic E-state index is 11.7. The van der Waals surface area contributed by atoms with E-state index in [1.807, 2.05) is 18.2 Å². The minimum atomic E-state index is -0.287. The highest BCUT2D eigenvalue weighted by Gasteiger charge is 2.25. The number of nitrogens with one attached hydrogen (secondary N) is 2. The van der Waals surface area contributed by atoms with Gasteiger partial charge < -0.3 is 5.32 Å². The molecule has 1 aromatic heterocycles. The monoisotopic (exact) mass is 290 g/mol. The van der Waals surface area contributed by atoms with Crippen molar-refractivity contribution in [3.63, 3.8) is 0 Å². The summed E-state index contributed by atoms with van der Waals surface area (Å²) in [5.41, 5.74) is 4.69. The highest BCUT2D eigenvalue weighted by molar-refractivity contribution is 6.30. The van der Waals surface area contributed by atoms with Crippen LogP contribution in [0.3, 0.4) is 0 Å². The van der Waals surface area contributed by atoms with Crippen molar-refractivity contribution in [3.8, 4) is 0 Å². The SMILES string of the molecule is O=C(NCc1ccc(Cl)cc1)Nn1ccc(C2CC2)n1. The first-order valence-electron chi connectivity index (χ1n) is 6.55.